The molecule has 21 heavy (non-hydrogen) atoms. The molecule has 2 fully saturated rings. The van der Waals surface area contributed by atoms with Crippen LogP contribution in [0.4, 0.5) is 0 Å². The first-order chi connectivity index (χ1) is 10.1. The van der Waals surface area contributed by atoms with E-state index in [1.165, 1.54) is 6.42 Å². The van der Waals surface area contributed by atoms with E-state index >= 15 is 0 Å². The van der Waals surface area contributed by atoms with E-state index in [1.54, 1.807) is 29.0 Å². The zero-order chi connectivity index (χ0) is 14.6. The molecule has 0 saturated heterocycles. The molecule has 5 heteroatoms. The molecule has 4 rings (SSSR count). The maximum atomic E-state index is 12.4. The first kappa shape index (κ1) is 13.0. The lowest BCUT2D eigenvalue weighted by molar-refractivity contribution is 0.563. The van der Waals surface area contributed by atoms with Gasteiger partial charge in [-0.05, 0) is 50.2 Å². The quantitative estimate of drug-likeness (QED) is 0.856. The number of hydrogen-bond donors (Lipinski definition) is 0. The van der Waals surface area contributed by atoms with E-state index in [1.807, 2.05) is 6.92 Å². The summed E-state index contributed by atoms with van der Waals surface area (Å²) < 4.78 is 1.65. The maximum absolute atomic E-state index is 12.4. The standard InChI is InChI=1S/C16H16ClN3O/c1-9-4-15(21)20(14-3-2-13(17)8-18-14)16(19-9)12-6-10-5-11(10)7-12/h2-4,8,10-12H,5-7H2,1H3. The van der Waals surface area contributed by atoms with E-state index in [2.05, 4.69) is 9.97 Å². The molecular weight excluding hydrogens is 286 g/mol. The van der Waals surface area contributed by atoms with E-state index in [-0.39, 0.29) is 5.56 Å². The van der Waals surface area contributed by atoms with Crippen LogP contribution in [-0.2, 0) is 0 Å². The van der Waals surface area contributed by atoms with Gasteiger partial charge in [-0.3, -0.25) is 4.79 Å². The number of fused-ring (bicyclic) bond motifs is 1. The van der Waals surface area contributed by atoms with Gasteiger partial charge in [0.15, 0.2) is 0 Å². The van der Waals surface area contributed by atoms with Crippen LogP contribution < -0.4 is 5.56 Å². The van der Waals surface area contributed by atoms with Crippen LogP contribution in [-0.4, -0.2) is 14.5 Å². The van der Waals surface area contributed by atoms with Crippen molar-refractivity contribution in [3.63, 3.8) is 0 Å². The van der Waals surface area contributed by atoms with E-state index in [0.717, 1.165) is 36.2 Å². The molecule has 2 aromatic rings. The van der Waals surface area contributed by atoms with Crippen LogP contribution in [0.5, 0.6) is 0 Å². The summed E-state index contributed by atoms with van der Waals surface area (Å²) in [6.45, 7) is 1.88. The average molecular weight is 302 g/mol. The molecule has 0 amide bonds. The molecule has 0 spiro atoms. The molecule has 4 nitrogen and oxygen atoms in total. The first-order valence-electron chi connectivity index (χ1n) is 7.34. The first-order valence-corrected chi connectivity index (χ1v) is 7.72. The molecule has 108 valence electrons. The Balaban J connectivity index is 1.84. The highest BCUT2D eigenvalue weighted by Gasteiger charge is 2.47. The number of aryl methyl sites for hydroxylation is 1. The van der Waals surface area contributed by atoms with E-state index in [4.69, 9.17) is 11.6 Å². The summed E-state index contributed by atoms with van der Waals surface area (Å²) in [5.41, 5.74) is 0.716. The summed E-state index contributed by atoms with van der Waals surface area (Å²) in [7, 11) is 0. The second-order valence-electron chi connectivity index (χ2n) is 6.19. The highest BCUT2D eigenvalue weighted by molar-refractivity contribution is 6.30. The minimum absolute atomic E-state index is 0.0621. The molecule has 2 unspecified atom stereocenters. The number of hydrogen-bond acceptors (Lipinski definition) is 3. The van der Waals surface area contributed by atoms with Crippen molar-refractivity contribution in [1.82, 2.24) is 14.5 Å². The van der Waals surface area contributed by atoms with Crippen molar-refractivity contribution in [2.45, 2.75) is 32.1 Å². The maximum Gasteiger partial charge on any atom is 0.259 e. The molecule has 2 aromatic heterocycles. The predicted octanol–water partition coefficient (Wildman–Crippen LogP) is 3.10. The van der Waals surface area contributed by atoms with Crippen LogP contribution in [0.25, 0.3) is 5.82 Å². The van der Waals surface area contributed by atoms with Crippen LogP contribution >= 0.6 is 11.6 Å². The number of pyridine rings is 1. The lowest BCUT2D eigenvalue weighted by Gasteiger charge is -2.17. The van der Waals surface area contributed by atoms with Gasteiger partial charge < -0.3 is 0 Å². The van der Waals surface area contributed by atoms with Crippen molar-refractivity contribution in [2.24, 2.45) is 11.8 Å². The summed E-state index contributed by atoms with van der Waals surface area (Å²) in [5, 5.41) is 0.565. The molecule has 0 aliphatic heterocycles. The summed E-state index contributed by atoms with van der Waals surface area (Å²) in [6, 6.07) is 5.10. The Kier molecular flexibility index (Phi) is 2.89. The van der Waals surface area contributed by atoms with E-state index < -0.39 is 0 Å². The number of halogens is 1. The van der Waals surface area contributed by atoms with E-state index in [0.29, 0.717) is 16.8 Å². The molecule has 0 N–H and O–H groups in total. The average Bonchev–Trinajstić information content (AvgIpc) is 3.06. The Hall–Kier alpha value is -1.68. The molecule has 0 radical (unpaired) electrons. The van der Waals surface area contributed by atoms with Crippen LogP contribution in [0.3, 0.4) is 0 Å². The molecule has 2 heterocycles. The van der Waals surface area contributed by atoms with E-state index in [9.17, 15) is 4.79 Å². The third-order valence-corrected chi connectivity index (χ3v) is 4.85. The summed E-state index contributed by atoms with van der Waals surface area (Å²) in [5.74, 6) is 3.53. The highest BCUT2D eigenvalue weighted by atomic mass is 35.5. The van der Waals surface area contributed by atoms with Gasteiger partial charge in [0.05, 0.1) is 5.02 Å². The second kappa shape index (κ2) is 4.67. The summed E-state index contributed by atoms with van der Waals surface area (Å²) >= 11 is 5.89. The molecule has 2 atom stereocenters. The smallest absolute Gasteiger partial charge is 0.259 e. The Morgan fingerprint density at radius 3 is 2.67 bits per heavy atom. The van der Waals surface area contributed by atoms with Gasteiger partial charge in [-0.25, -0.2) is 14.5 Å². The highest BCUT2D eigenvalue weighted by Crippen LogP contribution is 2.57. The van der Waals surface area contributed by atoms with Crippen LogP contribution in [0.15, 0.2) is 29.2 Å². The van der Waals surface area contributed by atoms with Crippen LogP contribution in [0, 0.1) is 18.8 Å². The Labute approximate surface area is 127 Å². The van der Waals surface area contributed by atoms with Crippen molar-refractivity contribution in [3.05, 3.63) is 51.3 Å². The van der Waals surface area contributed by atoms with Gasteiger partial charge in [0, 0.05) is 23.9 Å². The zero-order valence-corrected chi connectivity index (χ0v) is 12.5. The minimum Gasteiger partial charge on any atom is -0.269 e. The van der Waals surface area contributed by atoms with Gasteiger partial charge in [-0.2, -0.15) is 0 Å². The Bertz CT molecular complexity index is 743. The van der Waals surface area contributed by atoms with Gasteiger partial charge in [0.25, 0.3) is 5.56 Å². The Morgan fingerprint density at radius 2 is 2.00 bits per heavy atom. The van der Waals surface area contributed by atoms with Gasteiger partial charge in [0.2, 0.25) is 0 Å². The monoisotopic (exact) mass is 301 g/mol. The third kappa shape index (κ3) is 2.27. The lowest BCUT2D eigenvalue weighted by atomic mass is 10.0. The topological polar surface area (TPSA) is 47.8 Å². The fourth-order valence-electron chi connectivity index (χ4n) is 3.55. The van der Waals surface area contributed by atoms with Gasteiger partial charge in [-0.1, -0.05) is 11.6 Å². The van der Waals surface area contributed by atoms with Crippen molar-refractivity contribution < 1.29 is 0 Å². The molecule has 2 aliphatic carbocycles. The molecule has 0 bridgehead atoms. The minimum atomic E-state index is -0.0621. The van der Waals surface area contributed by atoms with Gasteiger partial charge in [-0.15, -0.1) is 0 Å². The fraction of sp³-hybridized carbons (Fsp3) is 0.438. The lowest BCUT2D eigenvalue weighted by Crippen LogP contribution is -2.26. The zero-order valence-electron chi connectivity index (χ0n) is 11.8. The summed E-state index contributed by atoms with van der Waals surface area (Å²) in [4.78, 5) is 21.4. The number of aromatic nitrogens is 3. The molecular formula is C16H16ClN3O. The normalized spacial score (nSPS) is 26.7. The van der Waals surface area contributed by atoms with Gasteiger partial charge >= 0.3 is 0 Å². The van der Waals surface area contributed by atoms with Crippen LogP contribution in [0.1, 0.15) is 36.7 Å². The van der Waals surface area contributed by atoms with Gasteiger partial charge in [0.1, 0.15) is 11.6 Å². The van der Waals surface area contributed by atoms with Crippen molar-refractivity contribution in [1.29, 1.82) is 0 Å². The largest absolute Gasteiger partial charge is 0.269 e. The van der Waals surface area contributed by atoms with Crippen LogP contribution in [0.2, 0.25) is 5.02 Å². The molecule has 0 aromatic carbocycles. The van der Waals surface area contributed by atoms with Crippen molar-refractivity contribution >= 4 is 11.6 Å². The SMILES string of the molecule is Cc1cc(=O)n(-c2ccc(Cl)cn2)c(C2CC3CC3C2)n1. The predicted molar refractivity (Wildman–Crippen MR) is 80.9 cm³/mol. The molecule has 2 saturated carbocycles. The fourth-order valence-corrected chi connectivity index (χ4v) is 3.66. The third-order valence-electron chi connectivity index (χ3n) is 4.62. The second-order valence-corrected chi connectivity index (χ2v) is 6.62. The summed E-state index contributed by atoms with van der Waals surface area (Å²) in [6.07, 6.45) is 5.22. The van der Waals surface area contributed by atoms with Crippen molar-refractivity contribution in [3.8, 4) is 5.82 Å². The Morgan fingerprint density at radius 1 is 1.24 bits per heavy atom. The van der Waals surface area contributed by atoms with Crippen molar-refractivity contribution in [2.75, 3.05) is 0 Å². The molecule has 2 aliphatic rings. The number of nitrogens with zero attached hydrogens (tertiary/aromatic N) is 3. The number of rotatable bonds is 2.